The zero-order chi connectivity index (χ0) is 15.5. The third-order valence-electron chi connectivity index (χ3n) is 3.61. The van der Waals surface area contributed by atoms with Crippen LogP contribution < -0.4 is 10.2 Å². The molecule has 1 fully saturated rings. The van der Waals surface area contributed by atoms with Gasteiger partial charge in [0.15, 0.2) is 0 Å². The SMILES string of the molecule is O=C(N[C@@H]1CC(=O)N(c2ccccc2)C1)c1cccc(Br)c1. The van der Waals surface area contributed by atoms with Crippen LogP contribution in [0.15, 0.2) is 59.1 Å². The molecule has 1 N–H and O–H groups in total. The summed E-state index contributed by atoms with van der Waals surface area (Å²) in [7, 11) is 0. The largest absolute Gasteiger partial charge is 0.347 e. The summed E-state index contributed by atoms with van der Waals surface area (Å²) in [6.07, 6.45) is 0.328. The highest BCUT2D eigenvalue weighted by Gasteiger charge is 2.31. The van der Waals surface area contributed by atoms with Gasteiger partial charge in [-0.15, -0.1) is 0 Å². The van der Waals surface area contributed by atoms with Crippen LogP contribution in [0.5, 0.6) is 0 Å². The fourth-order valence-electron chi connectivity index (χ4n) is 2.56. The van der Waals surface area contributed by atoms with Crippen LogP contribution in [0.4, 0.5) is 5.69 Å². The van der Waals surface area contributed by atoms with Gasteiger partial charge < -0.3 is 10.2 Å². The van der Waals surface area contributed by atoms with Crippen LogP contribution in [0, 0.1) is 0 Å². The number of hydrogen-bond acceptors (Lipinski definition) is 2. The Morgan fingerprint density at radius 2 is 1.91 bits per heavy atom. The standard InChI is InChI=1S/C17H15BrN2O2/c18-13-6-4-5-12(9-13)17(22)19-14-10-16(21)20(11-14)15-7-2-1-3-8-15/h1-9,14H,10-11H2,(H,19,22)/t14-/m1/s1. The van der Waals surface area contributed by atoms with Crippen molar-refractivity contribution in [1.29, 1.82) is 0 Å². The van der Waals surface area contributed by atoms with E-state index in [0.717, 1.165) is 10.2 Å². The molecule has 2 amide bonds. The number of para-hydroxylation sites is 1. The molecular weight excluding hydrogens is 344 g/mol. The van der Waals surface area contributed by atoms with E-state index in [9.17, 15) is 9.59 Å². The van der Waals surface area contributed by atoms with Gasteiger partial charge in [0.05, 0.1) is 6.04 Å². The van der Waals surface area contributed by atoms with Crippen molar-refractivity contribution in [1.82, 2.24) is 5.32 Å². The van der Waals surface area contributed by atoms with Crippen LogP contribution in [0.2, 0.25) is 0 Å². The summed E-state index contributed by atoms with van der Waals surface area (Å²) >= 11 is 3.35. The Hall–Kier alpha value is -2.14. The van der Waals surface area contributed by atoms with E-state index in [1.54, 1.807) is 17.0 Å². The molecule has 5 heteroatoms. The second-order valence-electron chi connectivity index (χ2n) is 5.22. The molecule has 1 aliphatic heterocycles. The molecule has 1 aliphatic rings. The first-order chi connectivity index (χ1) is 10.6. The topological polar surface area (TPSA) is 49.4 Å². The molecule has 0 radical (unpaired) electrons. The summed E-state index contributed by atoms with van der Waals surface area (Å²) in [5.41, 5.74) is 1.45. The van der Waals surface area contributed by atoms with Gasteiger partial charge in [-0.25, -0.2) is 0 Å². The lowest BCUT2D eigenvalue weighted by Gasteiger charge is -2.17. The van der Waals surface area contributed by atoms with Gasteiger partial charge >= 0.3 is 0 Å². The maximum atomic E-state index is 12.2. The summed E-state index contributed by atoms with van der Waals surface area (Å²) in [5, 5.41) is 2.93. The number of anilines is 1. The minimum absolute atomic E-state index is 0.0331. The molecule has 22 heavy (non-hydrogen) atoms. The maximum absolute atomic E-state index is 12.2. The number of carbonyl (C=O) groups excluding carboxylic acids is 2. The van der Waals surface area contributed by atoms with E-state index >= 15 is 0 Å². The normalized spacial score (nSPS) is 17.6. The molecule has 2 aromatic carbocycles. The third-order valence-corrected chi connectivity index (χ3v) is 4.11. The summed E-state index contributed by atoms with van der Waals surface area (Å²) < 4.78 is 0.855. The van der Waals surface area contributed by atoms with Crippen molar-refractivity contribution in [2.24, 2.45) is 0 Å². The second kappa shape index (κ2) is 6.32. The molecule has 3 rings (SSSR count). The fourth-order valence-corrected chi connectivity index (χ4v) is 2.96. The molecule has 0 aromatic heterocycles. The summed E-state index contributed by atoms with van der Waals surface area (Å²) in [6, 6.07) is 16.5. The lowest BCUT2D eigenvalue weighted by atomic mass is 10.2. The van der Waals surface area contributed by atoms with Crippen LogP contribution in [0.1, 0.15) is 16.8 Å². The molecule has 0 aliphatic carbocycles. The minimum Gasteiger partial charge on any atom is -0.347 e. The highest BCUT2D eigenvalue weighted by Crippen LogP contribution is 2.21. The molecule has 2 aromatic rings. The first-order valence-electron chi connectivity index (χ1n) is 7.05. The molecule has 1 heterocycles. The van der Waals surface area contributed by atoms with E-state index in [-0.39, 0.29) is 17.9 Å². The Morgan fingerprint density at radius 3 is 2.64 bits per heavy atom. The van der Waals surface area contributed by atoms with E-state index in [1.165, 1.54) is 0 Å². The lowest BCUT2D eigenvalue weighted by Crippen LogP contribution is -2.37. The van der Waals surface area contributed by atoms with Gasteiger partial charge in [0.2, 0.25) is 5.91 Å². The Bertz CT molecular complexity index is 703. The molecule has 0 spiro atoms. The number of nitrogens with one attached hydrogen (secondary N) is 1. The van der Waals surface area contributed by atoms with Crippen LogP contribution >= 0.6 is 15.9 Å². The molecule has 0 saturated carbocycles. The first kappa shape index (κ1) is 14.8. The Kier molecular flexibility index (Phi) is 4.24. The van der Waals surface area contributed by atoms with Crippen LogP contribution in [-0.4, -0.2) is 24.4 Å². The highest BCUT2D eigenvalue weighted by atomic mass is 79.9. The minimum atomic E-state index is -0.167. The van der Waals surface area contributed by atoms with Crippen LogP contribution in [-0.2, 0) is 4.79 Å². The van der Waals surface area contributed by atoms with Crippen molar-refractivity contribution >= 4 is 33.4 Å². The first-order valence-corrected chi connectivity index (χ1v) is 7.84. The molecule has 0 bridgehead atoms. The Labute approximate surface area is 137 Å². The van der Waals surface area contributed by atoms with Gasteiger partial charge in [-0.3, -0.25) is 9.59 Å². The quantitative estimate of drug-likeness (QED) is 0.916. The number of rotatable bonds is 3. The van der Waals surface area contributed by atoms with Crippen molar-refractivity contribution in [3.8, 4) is 0 Å². The lowest BCUT2D eigenvalue weighted by molar-refractivity contribution is -0.117. The van der Waals surface area contributed by atoms with E-state index in [1.807, 2.05) is 42.5 Å². The molecule has 1 atom stereocenters. The number of amides is 2. The Balaban J connectivity index is 1.68. The van der Waals surface area contributed by atoms with E-state index in [0.29, 0.717) is 18.5 Å². The van der Waals surface area contributed by atoms with E-state index in [4.69, 9.17) is 0 Å². The van der Waals surface area contributed by atoms with Gasteiger partial charge in [-0.05, 0) is 30.3 Å². The summed E-state index contributed by atoms with van der Waals surface area (Å²) in [4.78, 5) is 26.1. The van der Waals surface area contributed by atoms with Crippen molar-refractivity contribution in [3.63, 3.8) is 0 Å². The average Bonchev–Trinajstić information content (AvgIpc) is 2.88. The molecule has 112 valence electrons. The van der Waals surface area contributed by atoms with Gasteiger partial charge in [0.1, 0.15) is 0 Å². The highest BCUT2D eigenvalue weighted by molar-refractivity contribution is 9.10. The number of halogens is 1. The smallest absolute Gasteiger partial charge is 0.251 e. The van der Waals surface area contributed by atoms with Crippen molar-refractivity contribution in [2.75, 3.05) is 11.4 Å². The monoisotopic (exact) mass is 358 g/mol. The fraction of sp³-hybridized carbons (Fsp3) is 0.176. The predicted molar refractivity (Wildman–Crippen MR) is 88.8 cm³/mol. The van der Waals surface area contributed by atoms with Crippen molar-refractivity contribution in [3.05, 3.63) is 64.6 Å². The summed E-state index contributed by atoms with van der Waals surface area (Å²) in [6.45, 7) is 0.503. The van der Waals surface area contributed by atoms with Gasteiger partial charge in [-0.2, -0.15) is 0 Å². The predicted octanol–water partition coefficient (Wildman–Crippen LogP) is 2.98. The van der Waals surface area contributed by atoms with Crippen molar-refractivity contribution in [2.45, 2.75) is 12.5 Å². The van der Waals surface area contributed by atoms with Gasteiger partial charge in [0, 0.05) is 28.7 Å². The maximum Gasteiger partial charge on any atom is 0.251 e. The van der Waals surface area contributed by atoms with Gasteiger partial charge in [0.25, 0.3) is 5.91 Å². The second-order valence-corrected chi connectivity index (χ2v) is 6.14. The number of nitrogens with zero attached hydrogens (tertiary/aromatic N) is 1. The number of hydrogen-bond donors (Lipinski definition) is 1. The summed E-state index contributed by atoms with van der Waals surface area (Å²) in [5.74, 6) is -0.125. The molecular formula is C17H15BrN2O2. The van der Waals surface area contributed by atoms with E-state index in [2.05, 4.69) is 21.2 Å². The van der Waals surface area contributed by atoms with Crippen molar-refractivity contribution < 1.29 is 9.59 Å². The molecule has 4 nitrogen and oxygen atoms in total. The molecule has 1 saturated heterocycles. The zero-order valence-electron chi connectivity index (χ0n) is 11.8. The molecule has 0 unspecified atom stereocenters. The third kappa shape index (κ3) is 3.20. The zero-order valence-corrected chi connectivity index (χ0v) is 13.4. The number of carbonyl (C=O) groups is 2. The number of benzene rings is 2. The average molecular weight is 359 g/mol. The van der Waals surface area contributed by atoms with Crippen LogP contribution in [0.3, 0.4) is 0 Å². The Morgan fingerprint density at radius 1 is 1.14 bits per heavy atom. The van der Waals surface area contributed by atoms with Crippen LogP contribution in [0.25, 0.3) is 0 Å². The van der Waals surface area contributed by atoms with Gasteiger partial charge in [-0.1, -0.05) is 40.2 Å². The van der Waals surface area contributed by atoms with E-state index < -0.39 is 0 Å².